The number of halogens is 1. The lowest BCUT2D eigenvalue weighted by Gasteiger charge is -2.33. The highest BCUT2D eigenvalue weighted by molar-refractivity contribution is 6.33. The zero-order valence-corrected chi connectivity index (χ0v) is 17.0. The molecule has 1 aliphatic rings. The van der Waals surface area contributed by atoms with E-state index in [-0.39, 0.29) is 5.91 Å². The number of benzene rings is 1. The van der Waals surface area contributed by atoms with Crippen molar-refractivity contribution >= 4 is 23.2 Å². The van der Waals surface area contributed by atoms with Crippen LogP contribution in [0.5, 0.6) is 0 Å². The number of anilines is 1. The Morgan fingerprint density at radius 2 is 1.93 bits per heavy atom. The average Bonchev–Trinajstić information content (AvgIpc) is 3.14. The highest BCUT2D eigenvalue weighted by Gasteiger charge is 2.25. The standard InChI is InChI=1S/C22H23ClN4O2/c1-15-20(21(26-29-15)18-4-2-3-5-19(18)23)22(28)25-14-16-8-12-27(13-9-16)17-6-10-24-11-7-17/h2-7,10-11,16H,8-9,12-14H2,1H3,(H,25,28). The molecule has 1 saturated heterocycles. The first-order chi connectivity index (χ1) is 14.1. The molecule has 1 aromatic carbocycles. The van der Waals surface area contributed by atoms with Gasteiger partial charge >= 0.3 is 0 Å². The van der Waals surface area contributed by atoms with E-state index >= 15 is 0 Å². The Morgan fingerprint density at radius 3 is 2.66 bits per heavy atom. The summed E-state index contributed by atoms with van der Waals surface area (Å²) in [5.41, 5.74) is 2.83. The lowest BCUT2D eigenvalue weighted by molar-refractivity contribution is 0.0944. The van der Waals surface area contributed by atoms with Crippen molar-refractivity contribution in [2.24, 2.45) is 5.92 Å². The van der Waals surface area contributed by atoms with E-state index in [1.54, 1.807) is 13.0 Å². The number of hydrogen-bond acceptors (Lipinski definition) is 5. The maximum atomic E-state index is 12.9. The fraction of sp³-hybridized carbons (Fsp3) is 0.318. The van der Waals surface area contributed by atoms with Crippen molar-refractivity contribution < 1.29 is 9.32 Å². The highest BCUT2D eigenvalue weighted by atomic mass is 35.5. The van der Waals surface area contributed by atoms with Gasteiger partial charge in [0.25, 0.3) is 5.91 Å². The van der Waals surface area contributed by atoms with Crippen LogP contribution in [0.25, 0.3) is 11.3 Å². The Bertz CT molecular complexity index is 981. The van der Waals surface area contributed by atoms with Gasteiger partial charge in [-0.15, -0.1) is 0 Å². The van der Waals surface area contributed by atoms with Gasteiger partial charge in [-0.1, -0.05) is 35.0 Å². The summed E-state index contributed by atoms with van der Waals surface area (Å²) in [5.74, 6) is 0.765. The summed E-state index contributed by atoms with van der Waals surface area (Å²) in [6.45, 7) is 4.33. The zero-order chi connectivity index (χ0) is 20.2. The van der Waals surface area contributed by atoms with Crippen LogP contribution < -0.4 is 10.2 Å². The van der Waals surface area contributed by atoms with Gasteiger partial charge in [0.05, 0.1) is 5.02 Å². The lowest BCUT2D eigenvalue weighted by Crippen LogP contribution is -2.38. The number of nitrogens with zero attached hydrogens (tertiary/aromatic N) is 3. The normalized spacial score (nSPS) is 14.8. The number of carbonyl (C=O) groups excluding carboxylic acids is 1. The number of hydrogen-bond donors (Lipinski definition) is 1. The van der Waals surface area contributed by atoms with Gasteiger partial charge in [-0.2, -0.15) is 0 Å². The van der Waals surface area contributed by atoms with E-state index in [0.717, 1.165) is 25.9 Å². The second-order valence-electron chi connectivity index (χ2n) is 7.29. The molecule has 29 heavy (non-hydrogen) atoms. The summed E-state index contributed by atoms with van der Waals surface area (Å²) in [4.78, 5) is 19.3. The van der Waals surface area contributed by atoms with E-state index in [4.69, 9.17) is 16.1 Å². The van der Waals surface area contributed by atoms with Crippen molar-refractivity contribution in [2.45, 2.75) is 19.8 Å². The third-order valence-corrected chi connectivity index (χ3v) is 5.74. The van der Waals surface area contributed by atoms with Crippen LogP contribution in [-0.2, 0) is 0 Å². The van der Waals surface area contributed by atoms with Crippen LogP contribution in [0.2, 0.25) is 5.02 Å². The Morgan fingerprint density at radius 1 is 1.21 bits per heavy atom. The molecule has 0 radical (unpaired) electrons. The molecule has 150 valence electrons. The maximum Gasteiger partial charge on any atom is 0.257 e. The highest BCUT2D eigenvalue weighted by Crippen LogP contribution is 2.31. The van der Waals surface area contributed by atoms with E-state index in [0.29, 0.717) is 40.1 Å². The second kappa shape index (κ2) is 8.66. The molecule has 6 nitrogen and oxygen atoms in total. The molecule has 1 fully saturated rings. The summed E-state index contributed by atoms with van der Waals surface area (Å²) in [6.07, 6.45) is 5.70. The third-order valence-electron chi connectivity index (χ3n) is 5.41. The first-order valence-corrected chi connectivity index (χ1v) is 10.2. The predicted molar refractivity (Wildman–Crippen MR) is 113 cm³/mol. The quantitative estimate of drug-likeness (QED) is 0.677. The van der Waals surface area contributed by atoms with Crippen LogP contribution in [0.15, 0.2) is 53.3 Å². The van der Waals surface area contributed by atoms with Gasteiger partial charge < -0.3 is 14.7 Å². The fourth-order valence-corrected chi connectivity index (χ4v) is 3.98. The van der Waals surface area contributed by atoms with Crippen LogP contribution in [0, 0.1) is 12.8 Å². The van der Waals surface area contributed by atoms with Crippen molar-refractivity contribution in [3.05, 3.63) is 65.1 Å². The second-order valence-corrected chi connectivity index (χ2v) is 7.70. The molecule has 0 saturated carbocycles. The molecule has 0 aliphatic carbocycles. The monoisotopic (exact) mass is 410 g/mol. The van der Waals surface area contributed by atoms with Gasteiger partial charge in [-0.25, -0.2) is 0 Å². The minimum absolute atomic E-state index is 0.171. The van der Waals surface area contributed by atoms with Crippen LogP contribution in [-0.4, -0.2) is 35.7 Å². The van der Waals surface area contributed by atoms with Gasteiger partial charge in [0, 0.05) is 43.3 Å². The summed E-state index contributed by atoms with van der Waals surface area (Å²) in [6, 6.07) is 11.4. The molecule has 0 bridgehead atoms. The SMILES string of the molecule is Cc1onc(-c2ccccc2Cl)c1C(=O)NCC1CCN(c2ccncc2)CC1. The number of aromatic nitrogens is 2. The topological polar surface area (TPSA) is 71.3 Å². The van der Waals surface area contributed by atoms with Crippen molar-refractivity contribution in [1.29, 1.82) is 0 Å². The molecular formula is C22H23ClN4O2. The molecule has 0 spiro atoms. The number of pyridine rings is 1. The fourth-order valence-electron chi connectivity index (χ4n) is 3.75. The number of aryl methyl sites for hydroxylation is 1. The molecule has 0 atom stereocenters. The Kier molecular flexibility index (Phi) is 5.81. The largest absolute Gasteiger partial charge is 0.371 e. The van der Waals surface area contributed by atoms with E-state index < -0.39 is 0 Å². The van der Waals surface area contributed by atoms with Gasteiger partial charge in [-0.3, -0.25) is 9.78 Å². The number of carbonyl (C=O) groups is 1. The smallest absolute Gasteiger partial charge is 0.257 e. The number of rotatable bonds is 5. The minimum atomic E-state index is -0.171. The first-order valence-electron chi connectivity index (χ1n) is 9.78. The number of nitrogens with one attached hydrogen (secondary N) is 1. The van der Waals surface area contributed by atoms with Crippen molar-refractivity contribution in [1.82, 2.24) is 15.5 Å². The van der Waals surface area contributed by atoms with Crippen molar-refractivity contribution in [3.8, 4) is 11.3 Å². The maximum absolute atomic E-state index is 12.9. The average molecular weight is 411 g/mol. The minimum Gasteiger partial charge on any atom is -0.371 e. The van der Waals surface area contributed by atoms with Gasteiger partial charge in [0.1, 0.15) is 17.0 Å². The van der Waals surface area contributed by atoms with Crippen LogP contribution >= 0.6 is 11.6 Å². The molecule has 4 rings (SSSR count). The van der Waals surface area contributed by atoms with Crippen molar-refractivity contribution in [2.75, 3.05) is 24.5 Å². The molecule has 1 N–H and O–H groups in total. The lowest BCUT2D eigenvalue weighted by atomic mass is 9.96. The number of amides is 1. The van der Waals surface area contributed by atoms with E-state index in [2.05, 4.69) is 20.4 Å². The summed E-state index contributed by atoms with van der Waals surface area (Å²) >= 11 is 6.29. The van der Waals surface area contributed by atoms with Gasteiger partial charge in [0.15, 0.2) is 0 Å². The molecular weight excluding hydrogens is 388 g/mol. The van der Waals surface area contributed by atoms with Crippen LogP contribution in [0.4, 0.5) is 5.69 Å². The Labute approximate surface area is 174 Å². The van der Waals surface area contributed by atoms with Crippen LogP contribution in [0.3, 0.4) is 0 Å². The Balaban J connectivity index is 1.38. The van der Waals surface area contributed by atoms with Crippen molar-refractivity contribution in [3.63, 3.8) is 0 Å². The Hall–Kier alpha value is -2.86. The van der Waals surface area contributed by atoms with Gasteiger partial charge in [0.2, 0.25) is 0 Å². The molecule has 1 amide bonds. The predicted octanol–water partition coefficient (Wildman–Crippen LogP) is 4.34. The third kappa shape index (κ3) is 4.27. The summed E-state index contributed by atoms with van der Waals surface area (Å²) < 4.78 is 5.30. The molecule has 3 aromatic rings. The van der Waals surface area contributed by atoms with E-state index in [9.17, 15) is 4.79 Å². The molecule has 3 heterocycles. The molecule has 2 aromatic heterocycles. The molecule has 1 aliphatic heterocycles. The molecule has 0 unspecified atom stereocenters. The summed E-state index contributed by atoms with van der Waals surface area (Å²) in [7, 11) is 0. The first kappa shape index (κ1) is 19.5. The van der Waals surface area contributed by atoms with Crippen LogP contribution in [0.1, 0.15) is 29.0 Å². The van der Waals surface area contributed by atoms with Gasteiger partial charge in [-0.05, 0) is 43.9 Å². The molecule has 7 heteroatoms. The summed E-state index contributed by atoms with van der Waals surface area (Å²) in [5, 5.41) is 7.68. The van der Waals surface area contributed by atoms with E-state index in [1.165, 1.54) is 5.69 Å². The van der Waals surface area contributed by atoms with E-state index in [1.807, 2.05) is 42.7 Å². The number of piperidine rings is 1. The zero-order valence-electron chi connectivity index (χ0n) is 16.3.